The van der Waals surface area contributed by atoms with Gasteiger partial charge in [-0.15, -0.1) is 0 Å². The predicted octanol–water partition coefficient (Wildman–Crippen LogP) is 2.73. The standard InChI is InChI=1S/C21H17ClN2O6/c1-28-20(26)13-9-30-10-24(18(13)21(27)29-2)15-8-4-6-12-17(15)23-16-11(19(12)25)5-3-7-14(16)22/h3-8H,9-10H2,1-2H3,(H,23,25). The van der Waals surface area contributed by atoms with E-state index in [0.29, 0.717) is 32.5 Å². The number of ether oxygens (including phenoxy) is 3. The van der Waals surface area contributed by atoms with Crippen LogP contribution in [0.2, 0.25) is 5.02 Å². The molecule has 8 nitrogen and oxygen atoms in total. The lowest BCUT2D eigenvalue weighted by Crippen LogP contribution is -2.39. The Hall–Kier alpha value is -3.36. The van der Waals surface area contributed by atoms with Gasteiger partial charge < -0.3 is 24.1 Å². The largest absolute Gasteiger partial charge is 0.466 e. The predicted molar refractivity (Wildman–Crippen MR) is 111 cm³/mol. The number of aromatic nitrogens is 1. The highest BCUT2D eigenvalue weighted by molar-refractivity contribution is 6.35. The van der Waals surface area contributed by atoms with E-state index in [1.54, 1.807) is 36.4 Å². The van der Waals surface area contributed by atoms with Gasteiger partial charge in [0.1, 0.15) is 12.4 Å². The van der Waals surface area contributed by atoms with Crippen molar-refractivity contribution in [1.82, 2.24) is 4.98 Å². The van der Waals surface area contributed by atoms with Crippen LogP contribution in [0.4, 0.5) is 5.69 Å². The van der Waals surface area contributed by atoms with Crippen molar-refractivity contribution in [3.8, 4) is 0 Å². The fourth-order valence-electron chi connectivity index (χ4n) is 3.53. The van der Waals surface area contributed by atoms with Crippen LogP contribution in [0.15, 0.2) is 52.5 Å². The first-order chi connectivity index (χ1) is 14.5. The van der Waals surface area contributed by atoms with E-state index < -0.39 is 11.9 Å². The lowest BCUT2D eigenvalue weighted by atomic mass is 10.1. The Balaban J connectivity index is 2.04. The first kappa shape index (κ1) is 19.9. The lowest BCUT2D eigenvalue weighted by molar-refractivity contribution is -0.140. The fraction of sp³-hybridized carbons (Fsp3) is 0.190. The first-order valence-electron chi connectivity index (χ1n) is 8.96. The Bertz CT molecular complexity index is 1280. The molecule has 3 aromatic rings. The van der Waals surface area contributed by atoms with Crippen LogP contribution in [0.3, 0.4) is 0 Å². The smallest absolute Gasteiger partial charge is 0.355 e. The molecule has 4 rings (SSSR count). The van der Waals surface area contributed by atoms with Gasteiger partial charge in [-0.2, -0.15) is 0 Å². The van der Waals surface area contributed by atoms with Crippen molar-refractivity contribution in [2.24, 2.45) is 0 Å². The molecule has 2 aromatic carbocycles. The Morgan fingerprint density at radius 3 is 2.40 bits per heavy atom. The Labute approximate surface area is 175 Å². The molecule has 1 aliphatic heterocycles. The maximum Gasteiger partial charge on any atom is 0.355 e. The zero-order chi connectivity index (χ0) is 21.4. The number of nitrogens with zero attached hydrogens (tertiary/aromatic N) is 1. The summed E-state index contributed by atoms with van der Waals surface area (Å²) in [7, 11) is 2.43. The molecular weight excluding hydrogens is 412 g/mol. The minimum Gasteiger partial charge on any atom is -0.466 e. The van der Waals surface area contributed by atoms with Gasteiger partial charge >= 0.3 is 11.9 Å². The van der Waals surface area contributed by atoms with E-state index in [9.17, 15) is 14.4 Å². The molecule has 30 heavy (non-hydrogen) atoms. The third kappa shape index (κ3) is 3.10. The summed E-state index contributed by atoms with van der Waals surface area (Å²) in [6.07, 6.45) is 0. The van der Waals surface area contributed by atoms with Gasteiger partial charge in [0.2, 0.25) is 0 Å². The number of methoxy groups -OCH3 is 2. The zero-order valence-corrected chi connectivity index (χ0v) is 16.9. The van der Waals surface area contributed by atoms with Crippen LogP contribution >= 0.6 is 11.6 Å². The number of carbonyl (C=O) groups excluding carboxylic acids is 2. The normalized spacial score (nSPS) is 14.3. The molecule has 2 heterocycles. The van der Waals surface area contributed by atoms with Crippen LogP contribution in [0.1, 0.15) is 0 Å². The van der Waals surface area contributed by atoms with Crippen LogP contribution in [0, 0.1) is 0 Å². The monoisotopic (exact) mass is 428 g/mol. The van der Waals surface area contributed by atoms with Crippen molar-refractivity contribution >= 4 is 51.0 Å². The maximum atomic E-state index is 13.1. The fourth-order valence-corrected chi connectivity index (χ4v) is 3.75. The van der Waals surface area contributed by atoms with Gasteiger partial charge in [0.05, 0.1) is 48.1 Å². The number of hydrogen-bond donors (Lipinski definition) is 1. The van der Waals surface area contributed by atoms with Gasteiger partial charge in [-0.05, 0) is 24.3 Å². The molecule has 0 aliphatic carbocycles. The molecule has 0 bridgehead atoms. The van der Waals surface area contributed by atoms with Crippen LogP contribution in [0.5, 0.6) is 0 Å². The van der Waals surface area contributed by atoms with Gasteiger partial charge in [0.25, 0.3) is 0 Å². The third-order valence-corrected chi connectivity index (χ3v) is 5.23. The SMILES string of the molecule is COC(=O)C1=C(C(=O)OC)N(c2cccc3c(=O)c4cccc(Cl)c4[nH]c23)COC1. The van der Waals surface area contributed by atoms with E-state index in [4.69, 9.17) is 25.8 Å². The summed E-state index contributed by atoms with van der Waals surface area (Å²) in [6, 6.07) is 10.1. The minimum absolute atomic E-state index is 0.0109. The molecule has 1 aliphatic rings. The van der Waals surface area contributed by atoms with E-state index in [2.05, 4.69) is 4.98 Å². The molecule has 1 aromatic heterocycles. The number of nitrogens with one attached hydrogen (secondary N) is 1. The molecule has 0 amide bonds. The second-order valence-corrected chi connectivity index (χ2v) is 6.94. The summed E-state index contributed by atoms with van der Waals surface area (Å²) < 4.78 is 15.2. The molecule has 0 radical (unpaired) electrons. The number of H-pyrrole nitrogens is 1. The van der Waals surface area contributed by atoms with Crippen LogP contribution in [-0.2, 0) is 23.8 Å². The number of halogens is 1. The molecule has 0 saturated heterocycles. The number of rotatable bonds is 3. The van der Waals surface area contributed by atoms with E-state index in [-0.39, 0.29) is 30.0 Å². The average molecular weight is 429 g/mol. The molecule has 0 atom stereocenters. The second kappa shape index (κ2) is 7.81. The summed E-state index contributed by atoms with van der Waals surface area (Å²) in [6.45, 7) is -0.143. The first-order valence-corrected chi connectivity index (χ1v) is 9.34. The Kier molecular flexibility index (Phi) is 5.19. The summed E-state index contributed by atoms with van der Waals surface area (Å²) in [5, 5.41) is 1.23. The number of hydrogen-bond acceptors (Lipinski definition) is 7. The number of esters is 2. The van der Waals surface area contributed by atoms with Gasteiger partial charge in [-0.3, -0.25) is 4.79 Å². The van der Waals surface area contributed by atoms with Crippen molar-refractivity contribution in [2.45, 2.75) is 0 Å². The van der Waals surface area contributed by atoms with Crippen molar-refractivity contribution < 1.29 is 23.8 Å². The highest BCUT2D eigenvalue weighted by Crippen LogP contribution is 2.32. The quantitative estimate of drug-likeness (QED) is 0.506. The summed E-state index contributed by atoms with van der Waals surface area (Å²) in [4.78, 5) is 42.5. The minimum atomic E-state index is -0.725. The molecule has 0 spiro atoms. The van der Waals surface area contributed by atoms with Gasteiger partial charge in [-0.25, -0.2) is 9.59 Å². The summed E-state index contributed by atoms with van der Waals surface area (Å²) in [5.41, 5.74) is 1.17. The lowest BCUT2D eigenvalue weighted by Gasteiger charge is -2.31. The molecule has 154 valence electrons. The molecule has 0 unspecified atom stereocenters. The van der Waals surface area contributed by atoms with Crippen molar-refractivity contribution in [1.29, 1.82) is 0 Å². The highest BCUT2D eigenvalue weighted by atomic mass is 35.5. The van der Waals surface area contributed by atoms with E-state index in [1.165, 1.54) is 19.1 Å². The molecule has 1 N–H and O–H groups in total. The van der Waals surface area contributed by atoms with E-state index in [0.717, 1.165) is 0 Å². The molecule has 9 heteroatoms. The number of pyridine rings is 1. The molecule has 0 saturated carbocycles. The van der Waals surface area contributed by atoms with E-state index in [1.807, 2.05) is 0 Å². The number of carbonyl (C=O) groups is 2. The van der Waals surface area contributed by atoms with Gasteiger partial charge in [0.15, 0.2) is 5.43 Å². The number of benzene rings is 2. The number of para-hydroxylation sites is 2. The van der Waals surface area contributed by atoms with Crippen molar-refractivity contribution in [3.05, 3.63) is 62.9 Å². The van der Waals surface area contributed by atoms with Crippen LogP contribution in [0.25, 0.3) is 21.8 Å². The van der Waals surface area contributed by atoms with Gasteiger partial charge in [-0.1, -0.05) is 23.7 Å². The maximum absolute atomic E-state index is 13.1. The highest BCUT2D eigenvalue weighted by Gasteiger charge is 2.33. The van der Waals surface area contributed by atoms with Crippen LogP contribution < -0.4 is 10.3 Å². The zero-order valence-electron chi connectivity index (χ0n) is 16.2. The van der Waals surface area contributed by atoms with Crippen LogP contribution in [-0.4, -0.2) is 44.5 Å². The van der Waals surface area contributed by atoms with Crippen molar-refractivity contribution in [3.63, 3.8) is 0 Å². The van der Waals surface area contributed by atoms with Crippen molar-refractivity contribution in [2.75, 3.05) is 32.5 Å². The summed E-state index contributed by atoms with van der Waals surface area (Å²) in [5.74, 6) is -1.43. The van der Waals surface area contributed by atoms with E-state index >= 15 is 0 Å². The summed E-state index contributed by atoms with van der Waals surface area (Å²) >= 11 is 6.30. The molecule has 0 fully saturated rings. The van der Waals surface area contributed by atoms with Gasteiger partial charge in [0, 0.05) is 10.8 Å². The third-order valence-electron chi connectivity index (χ3n) is 4.92. The number of aromatic amines is 1. The Morgan fingerprint density at radius 2 is 1.70 bits per heavy atom. The number of fused-ring (bicyclic) bond motifs is 2. The Morgan fingerprint density at radius 1 is 1.03 bits per heavy atom. The average Bonchev–Trinajstić information content (AvgIpc) is 2.78. The molecular formula is C21H17ClN2O6. The topological polar surface area (TPSA) is 97.9 Å². The second-order valence-electron chi connectivity index (χ2n) is 6.53. The number of anilines is 1.